The van der Waals surface area contributed by atoms with Crippen molar-refractivity contribution in [2.45, 2.75) is 25.4 Å². The fourth-order valence-corrected chi connectivity index (χ4v) is 3.16. The predicted molar refractivity (Wildman–Crippen MR) is 81.1 cm³/mol. The van der Waals surface area contributed by atoms with Gasteiger partial charge in [0, 0.05) is 37.9 Å². The van der Waals surface area contributed by atoms with Gasteiger partial charge in [-0.25, -0.2) is 9.97 Å². The van der Waals surface area contributed by atoms with E-state index in [1.165, 1.54) is 6.42 Å². The molecule has 4 heterocycles. The molecule has 0 aromatic carbocycles. The van der Waals surface area contributed by atoms with E-state index in [1.54, 1.807) is 12.3 Å². The first-order valence-electron chi connectivity index (χ1n) is 7.35. The second kappa shape index (κ2) is 5.81. The molecule has 6 heteroatoms. The maximum atomic E-state index is 11.8. The number of piperidine rings is 1. The molecule has 6 nitrogen and oxygen atoms in total. The SMILES string of the molecule is C=CCNC(=O)CN1C2CC1CN(c1ccnc(C)n1)C2. The third kappa shape index (κ3) is 2.90. The number of carbonyl (C=O) groups is 1. The number of piperazine rings is 1. The topological polar surface area (TPSA) is 61.4 Å². The van der Waals surface area contributed by atoms with Crippen LogP contribution < -0.4 is 10.2 Å². The maximum Gasteiger partial charge on any atom is 0.234 e. The Hall–Kier alpha value is -1.95. The molecule has 0 aliphatic carbocycles. The first-order valence-corrected chi connectivity index (χ1v) is 7.35. The van der Waals surface area contributed by atoms with Crippen molar-refractivity contribution in [1.82, 2.24) is 20.2 Å². The minimum atomic E-state index is 0.0796. The number of anilines is 1. The van der Waals surface area contributed by atoms with Gasteiger partial charge in [-0.15, -0.1) is 6.58 Å². The number of hydrogen-bond acceptors (Lipinski definition) is 5. The van der Waals surface area contributed by atoms with Gasteiger partial charge in [0.25, 0.3) is 0 Å². The quantitative estimate of drug-likeness (QED) is 0.792. The van der Waals surface area contributed by atoms with Crippen LogP contribution in [0.4, 0.5) is 5.82 Å². The van der Waals surface area contributed by atoms with Gasteiger partial charge in [-0.1, -0.05) is 6.08 Å². The standard InChI is InChI=1S/C15H21N5O/c1-3-5-17-15(21)10-20-12-7-13(20)9-19(8-12)14-4-6-16-11(2)18-14/h3-4,6,12-13H,1,5,7-10H2,2H3,(H,17,21). The largest absolute Gasteiger partial charge is 0.353 e. The minimum absolute atomic E-state index is 0.0796. The van der Waals surface area contributed by atoms with E-state index < -0.39 is 0 Å². The lowest BCUT2D eigenvalue weighted by atomic mass is 9.87. The zero-order valence-corrected chi connectivity index (χ0v) is 12.3. The number of nitrogens with one attached hydrogen (secondary N) is 1. The van der Waals surface area contributed by atoms with E-state index in [4.69, 9.17) is 0 Å². The fourth-order valence-electron chi connectivity index (χ4n) is 3.16. The molecule has 3 saturated heterocycles. The van der Waals surface area contributed by atoms with Crippen LogP contribution in [0.25, 0.3) is 0 Å². The Morgan fingerprint density at radius 2 is 2.29 bits per heavy atom. The molecule has 1 amide bonds. The average molecular weight is 287 g/mol. The van der Waals surface area contributed by atoms with E-state index in [1.807, 2.05) is 13.0 Å². The van der Waals surface area contributed by atoms with Crippen molar-refractivity contribution in [2.24, 2.45) is 0 Å². The average Bonchev–Trinajstić information content (AvgIpc) is 2.50. The van der Waals surface area contributed by atoms with Gasteiger partial charge in [-0.05, 0) is 19.4 Å². The molecule has 4 rings (SSSR count). The van der Waals surface area contributed by atoms with Gasteiger partial charge in [-0.2, -0.15) is 0 Å². The number of nitrogens with zero attached hydrogens (tertiary/aromatic N) is 4. The van der Waals surface area contributed by atoms with Crippen LogP contribution in [0.3, 0.4) is 0 Å². The summed E-state index contributed by atoms with van der Waals surface area (Å²) in [6.07, 6.45) is 4.68. The zero-order valence-electron chi connectivity index (χ0n) is 12.3. The normalized spacial score (nSPS) is 24.3. The number of rotatable bonds is 5. The summed E-state index contributed by atoms with van der Waals surface area (Å²) in [7, 11) is 0. The van der Waals surface area contributed by atoms with Crippen LogP contribution in [-0.4, -0.2) is 59.0 Å². The van der Waals surface area contributed by atoms with Crippen LogP contribution in [0.2, 0.25) is 0 Å². The number of hydrogen-bond donors (Lipinski definition) is 1. The summed E-state index contributed by atoms with van der Waals surface area (Å²) in [5, 5.41) is 2.84. The summed E-state index contributed by atoms with van der Waals surface area (Å²) in [5.74, 6) is 1.87. The lowest BCUT2D eigenvalue weighted by Gasteiger charge is -2.56. The van der Waals surface area contributed by atoms with Crippen molar-refractivity contribution in [3.8, 4) is 0 Å². The Kier molecular flexibility index (Phi) is 3.88. The Morgan fingerprint density at radius 3 is 2.95 bits per heavy atom. The Balaban J connectivity index is 1.57. The monoisotopic (exact) mass is 287 g/mol. The van der Waals surface area contributed by atoms with E-state index in [2.05, 4.69) is 31.7 Å². The molecule has 0 saturated carbocycles. The molecular formula is C15H21N5O. The zero-order chi connectivity index (χ0) is 14.8. The van der Waals surface area contributed by atoms with Crippen LogP contribution >= 0.6 is 0 Å². The molecule has 1 aromatic heterocycles. The summed E-state index contributed by atoms with van der Waals surface area (Å²) in [6, 6.07) is 2.86. The van der Waals surface area contributed by atoms with Crippen LogP contribution in [0.15, 0.2) is 24.9 Å². The number of amides is 1. The second-order valence-corrected chi connectivity index (χ2v) is 5.68. The molecule has 1 N–H and O–H groups in total. The minimum Gasteiger partial charge on any atom is -0.353 e. The highest BCUT2D eigenvalue weighted by molar-refractivity contribution is 5.78. The summed E-state index contributed by atoms with van der Waals surface area (Å²) < 4.78 is 0. The van der Waals surface area contributed by atoms with E-state index in [9.17, 15) is 4.79 Å². The molecule has 0 radical (unpaired) electrons. The molecule has 21 heavy (non-hydrogen) atoms. The molecule has 2 bridgehead atoms. The van der Waals surface area contributed by atoms with Gasteiger partial charge < -0.3 is 10.2 Å². The van der Waals surface area contributed by atoms with Crippen molar-refractivity contribution in [1.29, 1.82) is 0 Å². The molecular weight excluding hydrogens is 266 g/mol. The summed E-state index contributed by atoms with van der Waals surface area (Å²) in [6.45, 7) is 8.40. The fraction of sp³-hybridized carbons (Fsp3) is 0.533. The van der Waals surface area contributed by atoms with Crippen LogP contribution in [0.1, 0.15) is 12.2 Å². The van der Waals surface area contributed by atoms with Crippen LogP contribution in [0, 0.1) is 6.92 Å². The maximum absolute atomic E-state index is 11.8. The van der Waals surface area contributed by atoms with Gasteiger partial charge in [0.15, 0.2) is 0 Å². The molecule has 112 valence electrons. The number of fused-ring (bicyclic) bond motifs is 2. The molecule has 2 atom stereocenters. The van der Waals surface area contributed by atoms with Gasteiger partial charge in [-0.3, -0.25) is 9.69 Å². The van der Waals surface area contributed by atoms with E-state index in [-0.39, 0.29) is 5.91 Å². The number of carbonyl (C=O) groups excluding carboxylic acids is 1. The van der Waals surface area contributed by atoms with Crippen molar-refractivity contribution in [3.63, 3.8) is 0 Å². The van der Waals surface area contributed by atoms with Gasteiger partial charge in [0.1, 0.15) is 11.6 Å². The first kappa shape index (κ1) is 14.0. The van der Waals surface area contributed by atoms with Crippen molar-refractivity contribution >= 4 is 11.7 Å². The highest BCUT2D eigenvalue weighted by Gasteiger charge is 2.45. The lowest BCUT2D eigenvalue weighted by molar-refractivity contribution is -0.126. The summed E-state index contributed by atoms with van der Waals surface area (Å²) >= 11 is 0. The third-order valence-corrected chi connectivity index (χ3v) is 4.20. The van der Waals surface area contributed by atoms with Gasteiger partial charge >= 0.3 is 0 Å². The van der Waals surface area contributed by atoms with Gasteiger partial charge in [0.05, 0.1) is 6.54 Å². The summed E-state index contributed by atoms with van der Waals surface area (Å²) in [4.78, 5) is 25.0. The predicted octanol–water partition coefficient (Wildman–Crippen LogP) is 0.350. The Labute approximate surface area is 124 Å². The first-order chi connectivity index (χ1) is 10.2. The Bertz CT molecular complexity index is 535. The Morgan fingerprint density at radius 1 is 1.52 bits per heavy atom. The van der Waals surface area contributed by atoms with Crippen LogP contribution in [0.5, 0.6) is 0 Å². The highest BCUT2D eigenvalue weighted by Crippen LogP contribution is 2.33. The van der Waals surface area contributed by atoms with E-state index in [0.29, 0.717) is 25.2 Å². The van der Waals surface area contributed by atoms with Gasteiger partial charge in [0.2, 0.25) is 5.91 Å². The molecule has 1 aromatic rings. The molecule has 2 unspecified atom stereocenters. The molecule has 3 aliphatic rings. The molecule has 0 spiro atoms. The number of aromatic nitrogens is 2. The van der Waals surface area contributed by atoms with E-state index >= 15 is 0 Å². The van der Waals surface area contributed by atoms with Crippen molar-refractivity contribution in [3.05, 3.63) is 30.7 Å². The van der Waals surface area contributed by atoms with E-state index in [0.717, 1.165) is 24.7 Å². The highest BCUT2D eigenvalue weighted by atomic mass is 16.2. The lowest BCUT2D eigenvalue weighted by Crippen LogP contribution is -2.70. The van der Waals surface area contributed by atoms with Crippen LogP contribution in [-0.2, 0) is 4.79 Å². The molecule has 3 aliphatic heterocycles. The summed E-state index contributed by atoms with van der Waals surface area (Å²) in [5.41, 5.74) is 0. The number of aryl methyl sites for hydroxylation is 1. The molecule has 3 fully saturated rings. The second-order valence-electron chi connectivity index (χ2n) is 5.68. The van der Waals surface area contributed by atoms with Crippen molar-refractivity contribution in [2.75, 3.05) is 31.1 Å². The third-order valence-electron chi connectivity index (χ3n) is 4.20. The van der Waals surface area contributed by atoms with Crippen molar-refractivity contribution < 1.29 is 4.79 Å². The smallest absolute Gasteiger partial charge is 0.234 e.